The quantitative estimate of drug-likeness (QED) is 0.491. The van der Waals surface area contributed by atoms with E-state index in [-0.39, 0.29) is 5.82 Å². The van der Waals surface area contributed by atoms with Gasteiger partial charge < -0.3 is 25.8 Å². The minimum absolute atomic E-state index is 0.218. The van der Waals surface area contributed by atoms with Gasteiger partial charge in [0, 0.05) is 0 Å². The molecule has 0 radical (unpaired) electrons. The maximum Gasteiger partial charge on any atom is 0.167 e. The predicted octanol–water partition coefficient (Wildman–Crippen LogP) is -1.98. The number of aromatic nitrogens is 4. The molecular formula is C10H13N5O4. The number of nitrogen functional groups attached to an aromatic ring is 1. The number of rotatable bonds is 2. The van der Waals surface area contributed by atoms with Gasteiger partial charge in [0.05, 0.1) is 12.9 Å². The van der Waals surface area contributed by atoms with Crippen LogP contribution in [-0.2, 0) is 4.74 Å². The van der Waals surface area contributed by atoms with E-state index < -0.39 is 31.1 Å². The molecule has 0 aromatic carbocycles. The number of ether oxygens (including phenoxy) is 1. The van der Waals surface area contributed by atoms with Gasteiger partial charge in [-0.2, -0.15) is 0 Å². The fraction of sp³-hybridized carbons (Fsp3) is 0.500. The number of hydrogen-bond donors (Lipinski definition) is 4. The highest BCUT2D eigenvalue weighted by molar-refractivity contribution is 5.81. The van der Waals surface area contributed by atoms with Crippen molar-refractivity contribution in [2.75, 3.05) is 12.3 Å². The van der Waals surface area contributed by atoms with Crippen LogP contribution in [0.4, 0.5) is 5.82 Å². The average molecular weight is 267 g/mol. The molecule has 0 spiro atoms. The lowest BCUT2D eigenvalue weighted by atomic mass is 10.1. The van der Waals surface area contributed by atoms with E-state index in [1.807, 2.05) is 0 Å². The topological polar surface area (TPSA) is 140 Å². The molecule has 3 heterocycles. The smallest absolute Gasteiger partial charge is 0.167 e. The van der Waals surface area contributed by atoms with Crippen molar-refractivity contribution in [3.8, 4) is 0 Å². The first-order valence-corrected chi connectivity index (χ1v) is 5.69. The van der Waals surface area contributed by atoms with Gasteiger partial charge in [-0.05, 0) is 0 Å². The Bertz CT molecular complexity index is 603. The van der Waals surface area contributed by atoms with Crippen LogP contribution < -0.4 is 5.73 Å². The molecule has 0 bridgehead atoms. The van der Waals surface area contributed by atoms with Gasteiger partial charge in [0.25, 0.3) is 0 Å². The molecule has 0 saturated carbocycles. The Hall–Kier alpha value is -1.81. The van der Waals surface area contributed by atoms with Gasteiger partial charge in [0.1, 0.15) is 30.2 Å². The zero-order valence-corrected chi connectivity index (χ0v) is 9.79. The fourth-order valence-corrected chi connectivity index (χ4v) is 2.17. The lowest BCUT2D eigenvalue weighted by Crippen LogP contribution is -2.33. The lowest BCUT2D eigenvalue weighted by molar-refractivity contribution is -0.0511. The molecule has 3 rings (SSSR count). The molecule has 1 aliphatic rings. The van der Waals surface area contributed by atoms with E-state index in [0.29, 0.717) is 11.2 Å². The zero-order chi connectivity index (χ0) is 13.6. The lowest BCUT2D eigenvalue weighted by Gasteiger charge is -2.16. The van der Waals surface area contributed by atoms with E-state index in [4.69, 9.17) is 15.6 Å². The summed E-state index contributed by atoms with van der Waals surface area (Å²) in [6.07, 6.45) is -1.42. The van der Waals surface area contributed by atoms with Gasteiger partial charge in [-0.25, -0.2) is 15.0 Å². The van der Waals surface area contributed by atoms with Gasteiger partial charge in [0.2, 0.25) is 0 Å². The first-order chi connectivity index (χ1) is 9.13. The minimum Gasteiger partial charge on any atom is -0.394 e. The van der Waals surface area contributed by atoms with Crippen LogP contribution in [0.2, 0.25) is 0 Å². The first-order valence-electron chi connectivity index (χ1n) is 5.69. The van der Waals surface area contributed by atoms with Crippen LogP contribution in [-0.4, -0.2) is 59.8 Å². The minimum atomic E-state index is -1.19. The van der Waals surface area contributed by atoms with Crippen LogP contribution in [0.3, 0.4) is 0 Å². The number of nitrogens with zero attached hydrogens (tertiary/aromatic N) is 4. The van der Waals surface area contributed by atoms with Gasteiger partial charge in [-0.15, -0.1) is 0 Å². The van der Waals surface area contributed by atoms with Crippen molar-refractivity contribution in [3.63, 3.8) is 0 Å². The van der Waals surface area contributed by atoms with Crippen molar-refractivity contribution in [2.24, 2.45) is 0 Å². The molecule has 2 aromatic heterocycles. The van der Waals surface area contributed by atoms with Gasteiger partial charge in [-0.1, -0.05) is 0 Å². The van der Waals surface area contributed by atoms with E-state index in [1.54, 1.807) is 0 Å². The fourth-order valence-electron chi connectivity index (χ4n) is 2.17. The summed E-state index contributed by atoms with van der Waals surface area (Å²) in [7, 11) is 0. The summed E-state index contributed by atoms with van der Waals surface area (Å²) in [5, 5.41) is 28.7. The monoisotopic (exact) mass is 267 g/mol. The molecule has 102 valence electrons. The Morgan fingerprint density at radius 3 is 2.74 bits per heavy atom. The third-order valence-electron chi connectivity index (χ3n) is 3.18. The number of anilines is 1. The largest absolute Gasteiger partial charge is 0.394 e. The number of hydrogen-bond acceptors (Lipinski definition) is 8. The van der Waals surface area contributed by atoms with E-state index >= 15 is 0 Å². The van der Waals surface area contributed by atoms with Crippen molar-refractivity contribution in [1.29, 1.82) is 0 Å². The van der Waals surface area contributed by atoms with Crippen LogP contribution in [0.1, 0.15) is 6.23 Å². The summed E-state index contributed by atoms with van der Waals surface area (Å²) in [5.74, 6) is 0.218. The van der Waals surface area contributed by atoms with E-state index in [0.717, 1.165) is 0 Å². The number of nitrogens with two attached hydrogens (primary N) is 1. The summed E-state index contributed by atoms with van der Waals surface area (Å²) in [4.78, 5) is 11.9. The van der Waals surface area contributed by atoms with Crippen LogP contribution in [0.15, 0.2) is 12.7 Å². The second-order valence-electron chi connectivity index (χ2n) is 4.31. The molecule has 0 aliphatic carbocycles. The van der Waals surface area contributed by atoms with E-state index in [1.165, 1.54) is 17.2 Å². The van der Waals surface area contributed by atoms with Crippen molar-refractivity contribution in [1.82, 2.24) is 19.5 Å². The molecule has 5 N–H and O–H groups in total. The Morgan fingerprint density at radius 2 is 2.05 bits per heavy atom. The van der Waals surface area contributed by atoms with Crippen LogP contribution in [0.25, 0.3) is 11.2 Å². The highest BCUT2D eigenvalue weighted by Gasteiger charge is 2.43. The number of imidazole rings is 1. The molecule has 2 aromatic rings. The second kappa shape index (κ2) is 4.38. The third-order valence-corrected chi connectivity index (χ3v) is 3.18. The van der Waals surface area contributed by atoms with Gasteiger partial charge in [-0.3, -0.25) is 4.57 Å². The predicted molar refractivity (Wildman–Crippen MR) is 62.7 cm³/mol. The highest BCUT2D eigenvalue weighted by Crippen LogP contribution is 2.31. The van der Waals surface area contributed by atoms with Crippen LogP contribution in [0, 0.1) is 0 Å². The standard InChI is InChI=1S/C10H13N5O4/c11-8-5-9(13-2-12-8)15(3-14-5)10-7(18)6(17)4(1-16)19-10/h2-4,6-7,10,16-18H,1H2,(H2,11,12,13)/t4-,6+,7?,10-/m0/s1. The van der Waals surface area contributed by atoms with Crippen molar-refractivity contribution in [3.05, 3.63) is 12.7 Å². The molecule has 19 heavy (non-hydrogen) atoms. The summed E-state index contributed by atoms with van der Waals surface area (Å²) in [6, 6.07) is 0. The van der Waals surface area contributed by atoms with E-state index in [9.17, 15) is 10.2 Å². The molecule has 1 fully saturated rings. The maximum atomic E-state index is 9.95. The maximum absolute atomic E-state index is 9.95. The summed E-state index contributed by atoms with van der Waals surface area (Å²) < 4.78 is 6.85. The van der Waals surface area contributed by atoms with Crippen molar-refractivity contribution < 1.29 is 20.1 Å². The summed E-state index contributed by atoms with van der Waals surface area (Å²) in [5.41, 5.74) is 6.44. The van der Waals surface area contributed by atoms with Crippen molar-refractivity contribution >= 4 is 17.0 Å². The average Bonchev–Trinajstić information content (AvgIpc) is 2.94. The summed E-state index contributed by atoms with van der Waals surface area (Å²) in [6.45, 7) is -0.390. The molecule has 9 nitrogen and oxygen atoms in total. The number of aliphatic hydroxyl groups is 3. The van der Waals surface area contributed by atoms with Gasteiger partial charge in [0.15, 0.2) is 17.7 Å². The molecule has 1 saturated heterocycles. The third kappa shape index (κ3) is 1.75. The van der Waals surface area contributed by atoms with E-state index in [2.05, 4.69) is 15.0 Å². The van der Waals surface area contributed by atoms with Crippen LogP contribution in [0.5, 0.6) is 0 Å². The molecule has 0 amide bonds. The Kier molecular flexibility index (Phi) is 2.82. The Morgan fingerprint density at radius 1 is 1.26 bits per heavy atom. The number of fused-ring (bicyclic) bond motifs is 1. The Balaban J connectivity index is 2.04. The summed E-state index contributed by atoms with van der Waals surface area (Å²) >= 11 is 0. The molecule has 4 atom stereocenters. The molecule has 1 aliphatic heterocycles. The zero-order valence-electron chi connectivity index (χ0n) is 9.79. The molecule has 9 heteroatoms. The second-order valence-corrected chi connectivity index (χ2v) is 4.31. The van der Waals surface area contributed by atoms with Crippen LogP contribution >= 0.6 is 0 Å². The van der Waals surface area contributed by atoms with Gasteiger partial charge >= 0.3 is 0 Å². The number of aliphatic hydroxyl groups excluding tert-OH is 3. The first kappa shape index (κ1) is 12.2. The highest BCUT2D eigenvalue weighted by atomic mass is 16.6. The molecular weight excluding hydrogens is 254 g/mol. The molecule has 1 unspecified atom stereocenters. The van der Waals surface area contributed by atoms with Crippen molar-refractivity contribution in [2.45, 2.75) is 24.5 Å². The Labute approximate surface area is 107 Å². The SMILES string of the molecule is Nc1ncnc2c1ncn2[C@H]1O[C@@H](CO)[C@@H](O)C1O. The normalized spacial score (nSPS) is 31.1.